The highest BCUT2D eigenvalue weighted by atomic mass is 16.5. The van der Waals surface area contributed by atoms with Gasteiger partial charge in [-0.2, -0.15) is 0 Å². The molecule has 126 valence electrons. The van der Waals surface area contributed by atoms with E-state index in [0.29, 0.717) is 0 Å². The van der Waals surface area contributed by atoms with Crippen LogP contribution in [0.25, 0.3) is 11.1 Å². The standard InChI is InChI=1S/C19H23N3O2/c1-13-11-21-12-17(14-3-5-16(24-2)6-4-14)18(13)22-9-7-15(8-10-22)19(20)23/h3-6,11-12,15H,7-10H2,1-2H3,(H2,20,23). The van der Waals surface area contributed by atoms with E-state index in [9.17, 15) is 4.79 Å². The smallest absolute Gasteiger partial charge is 0.220 e. The number of hydrogen-bond acceptors (Lipinski definition) is 4. The lowest BCUT2D eigenvalue weighted by Crippen LogP contribution is -2.39. The molecule has 5 nitrogen and oxygen atoms in total. The lowest BCUT2D eigenvalue weighted by Gasteiger charge is -2.34. The first-order valence-electron chi connectivity index (χ1n) is 8.23. The van der Waals surface area contributed by atoms with Crippen LogP contribution in [0.1, 0.15) is 18.4 Å². The number of aromatic nitrogens is 1. The van der Waals surface area contributed by atoms with E-state index in [1.807, 2.05) is 24.5 Å². The van der Waals surface area contributed by atoms with Gasteiger partial charge < -0.3 is 15.4 Å². The minimum atomic E-state index is -0.184. The van der Waals surface area contributed by atoms with Crippen LogP contribution in [-0.4, -0.2) is 31.1 Å². The first-order valence-corrected chi connectivity index (χ1v) is 8.23. The summed E-state index contributed by atoms with van der Waals surface area (Å²) < 4.78 is 5.24. The third kappa shape index (κ3) is 3.20. The monoisotopic (exact) mass is 325 g/mol. The molecule has 0 bridgehead atoms. The molecule has 1 aliphatic heterocycles. The number of anilines is 1. The molecular weight excluding hydrogens is 302 g/mol. The SMILES string of the molecule is COc1ccc(-c2cncc(C)c2N2CCC(C(N)=O)CC2)cc1. The second kappa shape index (κ2) is 6.91. The van der Waals surface area contributed by atoms with E-state index in [4.69, 9.17) is 10.5 Å². The first-order chi connectivity index (χ1) is 11.6. The van der Waals surface area contributed by atoms with E-state index in [0.717, 1.165) is 48.4 Å². The van der Waals surface area contributed by atoms with Crippen molar-refractivity contribution in [3.05, 3.63) is 42.2 Å². The number of carbonyl (C=O) groups is 1. The highest BCUT2D eigenvalue weighted by Gasteiger charge is 2.25. The summed E-state index contributed by atoms with van der Waals surface area (Å²) in [5.74, 6) is 0.646. The number of rotatable bonds is 4. The lowest BCUT2D eigenvalue weighted by molar-refractivity contribution is -0.122. The van der Waals surface area contributed by atoms with Gasteiger partial charge in [0.05, 0.1) is 12.8 Å². The molecule has 0 unspecified atom stereocenters. The zero-order valence-electron chi connectivity index (χ0n) is 14.2. The predicted octanol–water partition coefficient (Wildman–Crippen LogP) is 2.77. The zero-order valence-corrected chi connectivity index (χ0v) is 14.2. The summed E-state index contributed by atoms with van der Waals surface area (Å²) in [6.07, 6.45) is 5.41. The summed E-state index contributed by atoms with van der Waals surface area (Å²) in [6, 6.07) is 8.02. The molecule has 1 aromatic heterocycles. The maximum Gasteiger partial charge on any atom is 0.220 e. The zero-order chi connectivity index (χ0) is 17.1. The normalized spacial score (nSPS) is 15.3. The molecule has 0 aliphatic carbocycles. The van der Waals surface area contributed by atoms with E-state index < -0.39 is 0 Å². The molecule has 1 aliphatic rings. The van der Waals surface area contributed by atoms with Crippen molar-refractivity contribution in [1.82, 2.24) is 4.98 Å². The molecular formula is C19H23N3O2. The van der Waals surface area contributed by atoms with Crippen molar-refractivity contribution in [3.63, 3.8) is 0 Å². The fourth-order valence-electron chi connectivity index (χ4n) is 3.35. The van der Waals surface area contributed by atoms with Crippen LogP contribution in [0.4, 0.5) is 5.69 Å². The van der Waals surface area contributed by atoms with Gasteiger partial charge in [-0.05, 0) is 43.0 Å². The van der Waals surface area contributed by atoms with Crippen molar-refractivity contribution >= 4 is 11.6 Å². The molecule has 1 amide bonds. The Bertz CT molecular complexity index is 720. The minimum absolute atomic E-state index is 0.00664. The summed E-state index contributed by atoms with van der Waals surface area (Å²) in [6.45, 7) is 3.75. The first kappa shape index (κ1) is 16.3. The molecule has 0 radical (unpaired) electrons. The van der Waals surface area contributed by atoms with Crippen molar-refractivity contribution in [2.24, 2.45) is 11.7 Å². The van der Waals surface area contributed by atoms with Crippen LogP contribution in [0.3, 0.4) is 0 Å². The maximum absolute atomic E-state index is 11.4. The van der Waals surface area contributed by atoms with Gasteiger partial charge in [-0.15, -0.1) is 0 Å². The molecule has 0 spiro atoms. The number of nitrogens with zero attached hydrogens (tertiary/aromatic N) is 2. The molecule has 5 heteroatoms. The second-order valence-corrected chi connectivity index (χ2v) is 6.24. The summed E-state index contributed by atoms with van der Waals surface area (Å²) in [4.78, 5) is 18.1. The number of hydrogen-bond donors (Lipinski definition) is 1. The third-order valence-corrected chi connectivity index (χ3v) is 4.72. The number of methoxy groups -OCH3 is 1. The van der Waals surface area contributed by atoms with Crippen molar-refractivity contribution in [3.8, 4) is 16.9 Å². The van der Waals surface area contributed by atoms with Crippen molar-refractivity contribution in [2.75, 3.05) is 25.1 Å². The number of benzene rings is 1. The molecule has 0 saturated carbocycles. The number of piperidine rings is 1. The molecule has 2 heterocycles. The van der Waals surface area contributed by atoms with Crippen molar-refractivity contribution in [2.45, 2.75) is 19.8 Å². The van der Waals surface area contributed by atoms with Crippen LogP contribution >= 0.6 is 0 Å². The number of nitrogens with two attached hydrogens (primary N) is 1. The Labute approximate surface area is 142 Å². The van der Waals surface area contributed by atoms with Gasteiger partial charge in [0.2, 0.25) is 5.91 Å². The van der Waals surface area contributed by atoms with E-state index in [-0.39, 0.29) is 11.8 Å². The van der Waals surface area contributed by atoms with Crippen LogP contribution in [0, 0.1) is 12.8 Å². The molecule has 3 rings (SSSR count). The number of carbonyl (C=O) groups excluding carboxylic acids is 1. The largest absolute Gasteiger partial charge is 0.497 e. The average Bonchev–Trinajstić information content (AvgIpc) is 2.61. The second-order valence-electron chi connectivity index (χ2n) is 6.24. The van der Waals surface area contributed by atoms with E-state index in [2.05, 4.69) is 28.9 Å². The summed E-state index contributed by atoms with van der Waals surface area (Å²) in [5.41, 5.74) is 10.00. The predicted molar refractivity (Wildman–Crippen MR) is 95.1 cm³/mol. The van der Waals surface area contributed by atoms with Gasteiger partial charge in [0.25, 0.3) is 0 Å². The van der Waals surface area contributed by atoms with Crippen molar-refractivity contribution in [1.29, 1.82) is 0 Å². The van der Waals surface area contributed by atoms with Crippen molar-refractivity contribution < 1.29 is 9.53 Å². The fourth-order valence-corrected chi connectivity index (χ4v) is 3.35. The Morgan fingerprint density at radius 2 is 1.88 bits per heavy atom. The Balaban J connectivity index is 1.92. The number of pyridine rings is 1. The highest BCUT2D eigenvalue weighted by Crippen LogP contribution is 2.35. The van der Waals surface area contributed by atoms with Gasteiger partial charge in [0, 0.05) is 37.0 Å². The maximum atomic E-state index is 11.4. The molecule has 1 saturated heterocycles. The van der Waals surface area contributed by atoms with Gasteiger partial charge in [0.15, 0.2) is 0 Å². The van der Waals surface area contributed by atoms with Gasteiger partial charge in [-0.3, -0.25) is 9.78 Å². The summed E-state index contributed by atoms with van der Waals surface area (Å²) in [5, 5.41) is 0. The lowest BCUT2D eigenvalue weighted by atomic mass is 9.94. The number of ether oxygens (including phenoxy) is 1. The van der Waals surface area contributed by atoms with Gasteiger partial charge in [-0.1, -0.05) is 12.1 Å². The van der Waals surface area contributed by atoms with E-state index >= 15 is 0 Å². The molecule has 0 atom stereocenters. The number of primary amides is 1. The molecule has 24 heavy (non-hydrogen) atoms. The van der Waals surface area contributed by atoms with Crippen LogP contribution in [-0.2, 0) is 4.79 Å². The van der Waals surface area contributed by atoms with Crippen LogP contribution in [0.2, 0.25) is 0 Å². The van der Waals surface area contributed by atoms with Crippen LogP contribution < -0.4 is 15.4 Å². The van der Waals surface area contributed by atoms with Gasteiger partial charge in [0.1, 0.15) is 5.75 Å². The Morgan fingerprint density at radius 3 is 2.46 bits per heavy atom. The minimum Gasteiger partial charge on any atom is -0.497 e. The summed E-state index contributed by atoms with van der Waals surface area (Å²) in [7, 11) is 1.66. The van der Waals surface area contributed by atoms with Gasteiger partial charge >= 0.3 is 0 Å². The highest BCUT2D eigenvalue weighted by molar-refractivity contribution is 5.81. The van der Waals surface area contributed by atoms with Gasteiger partial charge in [-0.25, -0.2) is 0 Å². The molecule has 2 N–H and O–H groups in total. The molecule has 2 aromatic rings. The average molecular weight is 325 g/mol. The number of aryl methyl sites for hydroxylation is 1. The Kier molecular flexibility index (Phi) is 4.69. The Hall–Kier alpha value is -2.56. The Morgan fingerprint density at radius 1 is 1.21 bits per heavy atom. The molecule has 1 fully saturated rings. The van der Waals surface area contributed by atoms with E-state index in [1.54, 1.807) is 7.11 Å². The topological polar surface area (TPSA) is 68.4 Å². The number of amides is 1. The van der Waals surface area contributed by atoms with E-state index in [1.165, 1.54) is 5.69 Å². The van der Waals surface area contributed by atoms with Crippen LogP contribution in [0.5, 0.6) is 5.75 Å². The molecule has 1 aromatic carbocycles. The fraction of sp³-hybridized carbons (Fsp3) is 0.368. The van der Waals surface area contributed by atoms with Crippen LogP contribution in [0.15, 0.2) is 36.7 Å². The quantitative estimate of drug-likeness (QED) is 0.938. The summed E-state index contributed by atoms with van der Waals surface area (Å²) >= 11 is 0. The third-order valence-electron chi connectivity index (χ3n) is 4.72.